The van der Waals surface area contributed by atoms with Crippen molar-refractivity contribution in [3.05, 3.63) is 28.0 Å². The zero-order chi connectivity index (χ0) is 13.7. The van der Waals surface area contributed by atoms with Crippen LogP contribution in [0.1, 0.15) is 10.4 Å². The number of ether oxygens (including phenoxy) is 1. The van der Waals surface area contributed by atoms with Crippen molar-refractivity contribution in [2.75, 3.05) is 25.2 Å². The van der Waals surface area contributed by atoms with E-state index in [1.165, 1.54) is 4.88 Å². The third-order valence-corrected chi connectivity index (χ3v) is 4.63. The van der Waals surface area contributed by atoms with Crippen LogP contribution >= 0.6 is 23.1 Å². The monoisotopic (exact) mass is 296 g/mol. The second kappa shape index (κ2) is 6.74. The Labute approximate surface area is 120 Å². The molecule has 0 fully saturated rings. The van der Waals surface area contributed by atoms with Gasteiger partial charge in [0.1, 0.15) is 10.8 Å². The summed E-state index contributed by atoms with van der Waals surface area (Å²) in [6.07, 6.45) is 0.690. The fraction of sp³-hybridized carbons (Fsp3) is 0.333. The Morgan fingerprint density at radius 2 is 2.21 bits per heavy atom. The number of methoxy groups -OCH3 is 1. The molecule has 2 rings (SSSR count). The molecule has 0 radical (unpaired) electrons. The molecule has 0 unspecified atom stereocenters. The number of rotatable bonds is 6. The highest BCUT2D eigenvalue weighted by Crippen LogP contribution is 2.29. The van der Waals surface area contributed by atoms with Crippen molar-refractivity contribution < 1.29 is 4.74 Å². The van der Waals surface area contributed by atoms with E-state index < -0.39 is 0 Å². The summed E-state index contributed by atoms with van der Waals surface area (Å²) in [5, 5.41) is 2.90. The predicted octanol–water partition coefficient (Wildman–Crippen LogP) is 2.18. The van der Waals surface area contributed by atoms with Crippen LogP contribution in [0.4, 0.5) is 11.8 Å². The van der Waals surface area contributed by atoms with Gasteiger partial charge in [-0.2, -0.15) is 4.98 Å². The van der Waals surface area contributed by atoms with Crippen LogP contribution in [-0.4, -0.2) is 23.7 Å². The molecule has 0 bridgehead atoms. The van der Waals surface area contributed by atoms with Crippen molar-refractivity contribution in [1.29, 1.82) is 0 Å². The predicted molar refractivity (Wildman–Crippen MR) is 80.3 cm³/mol. The fourth-order valence-corrected chi connectivity index (χ4v) is 3.44. The summed E-state index contributed by atoms with van der Waals surface area (Å²) in [4.78, 5) is 9.59. The van der Waals surface area contributed by atoms with Crippen molar-refractivity contribution in [2.45, 2.75) is 17.2 Å². The van der Waals surface area contributed by atoms with Gasteiger partial charge in [0.2, 0.25) is 5.95 Å². The number of hydrogen-bond donors (Lipinski definition) is 2. The number of nitrogens with two attached hydrogens (primary N) is 2. The van der Waals surface area contributed by atoms with Gasteiger partial charge in [-0.05, 0) is 11.4 Å². The van der Waals surface area contributed by atoms with Crippen LogP contribution in [0.2, 0.25) is 0 Å². The Morgan fingerprint density at radius 3 is 2.89 bits per heavy atom. The molecule has 0 saturated carbocycles. The van der Waals surface area contributed by atoms with Gasteiger partial charge >= 0.3 is 0 Å². The molecule has 0 spiro atoms. The summed E-state index contributed by atoms with van der Waals surface area (Å²) in [7, 11) is 1.66. The molecule has 0 aromatic carbocycles. The number of hydrogen-bond acceptors (Lipinski definition) is 7. The minimum absolute atomic E-state index is 0.215. The third-order valence-electron chi connectivity index (χ3n) is 2.51. The van der Waals surface area contributed by atoms with Crippen LogP contribution in [0, 0.1) is 0 Å². The standard InChI is InChI=1S/C12H16N4OS2/c1-17-5-4-9-10(13)15-12(14)16-11(9)19-7-8-3-2-6-18-8/h2-3,6H,4-5,7H2,1H3,(H4,13,14,15,16). The minimum Gasteiger partial charge on any atom is -0.384 e. The van der Waals surface area contributed by atoms with Crippen molar-refractivity contribution in [3.63, 3.8) is 0 Å². The van der Waals surface area contributed by atoms with Crippen LogP contribution in [0.25, 0.3) is 0 Å². The molecule has 0 aliphatic carbocycles. The molecule has 2 heterocycles. The Kier molecular flexibility index (Phi) is 5.00. The van der Waals surface area contributed by atoms with Gasteiger partial charge in [0.05, 0.1) is 6.61 Å². The number of aromatic nitrogens is 2. The first kappa shape index (κ1) is 14.1. The molecule has 2 aromatic heterocycles. The molecule has 7 heteroatoms. The van der Waals surface area contributed by atoms with E-state index in [9.17, 15) is 0 Å². The van der Waals surface area contributed by atoms with Crippen molar-refractivity contribution in [2.24, 2.45) is 0 Å². The topological polar surface area (TPSA) is 87.0 Å². The van der Waals surface area contributed by atoms with Gasteiger partial charge in [0.25, 0.3) is 0 Å². The molecule has 0 atom stereocenters. The molecular formula is C12H16N4OS2. The smallest absolute Gasteiger partial charge is 0.223 e. The molecule has 5 nitrogen and oxygen atoms in total. The lowest BCUT2D eigenvalue weighted by atomic mass is 10.2. The average Bonchev–Trinajstić information content (AvgIpc) is 2.88. The molecule has 2 aromatic rings. The van der Waals surface area contributed by atoms with Crippen molar-refractivity contribution in [3.8, 4) is 0 Å². The van der Waals surface area contributed by atoms with Gasteiger partial charge in [-0.1, -0.05) is 6.07 Å². The first-order chi connectivity index (χ1) is 9.20. The second-order valence-electron chi connectivity index (χ2n) is 3.86. The number of thioether (sulfide) groups is 1. The van der Waals surface area contributed by atoms with E-state index >= 15 is 0 Å². The first-order valence-electron chi connectivity index (χ1n) is 5.76. The van der Waals surface area contributed by atoms with Crippen LogP contribution in [-0.2, 0) is 16.9 Å². The molecule has 4 N–H and O–H groups in total. The fourth-order valence-electron chi connectivity index (χ4n) is 1.59. The molecule has 0 aliphatic rings. The van der Waals surface area contributed by atoms with E-state index in [2.05, 4.69) is 21.4 Å². The lowest BCUT2D eigenvalue weighted by Crippen LogP contribution is -2.08. The largest absolute Gasteiger partial charge is 0.384 e. The summed E-state index contributed by atoms with van der Waals surface area (Å²) in [6.45, 7) is 0.587. The highest BCUT2D eigenvalue weighted by Gasteiger charge is 2.12. The Morgan fingerprint density at radius 1 is 1.37 bits per heavy atom. The normalized spacial score (nSPS) is 10.8. The molecule has 19 heavy (non-hydrogen) atoms. The molecule has 0 aliphatic heterocycles. The summed E-state index contributed by atoms with van der Waals surface area (Å²) >= 11 is 3.35. The number of thiophene rings is 1. The maximum atomic E-state index is 5.91. The highest BCUT2D eigenvalue weighted by molar-refractivity contribution is 7.98. The van der Waals surface area contributed by atoms with E-state index in [1.807, 2.05) is 6.07 Å². The van der Waals surface area contributed by atoms with Gasteiger partial charge in [-0.3, -0.25) is 0 Å². The van der Waals surface area contributed by atoms with Crippen LogP contribution in [0.15, 0.2) is 22.5 Å². The summed E-state index contributed by atoms with van der Waals surface area (Å²) in [6, 6.07) is 4.13. The molecule has 0 saturated heterocycles. The van der Waals surface area contributed by atoms with Crippen LogP contribution < -0.4 is 11.5 Å². The average molecular weight is 296 g/mol. The van der Waals surface area contributed by atoms with Gasteiger partial charge < -0.3 is 16.2 Å². The van der Waals surface area contributed by atoms with E-state index in [1.54, 1.807) is 30.2 Å². The first-order valence-corrected chi connectivity index (χ1v) is 7.63. The molecular weight excluding hydrogens is 280 g/mol. The van der Waals surface area contributed by atoms with Gasteiger partial charge in [0, 0.05) is 29.7 Å². The maximum absolute atomic E-state index is 5.91. The Bertz CT molecular complexity index is 531. The van der Waals surface area contributed by atoms with Crippen molar-refractivity contribution >= 4 is 34.9 Å². The van der Waals surface area contributed by atoms with Gasteiger partial charge in [-0.15, -0.1) is 23.1 Å². The van der Waals surface area contributed by atoms with E-state index in [-0.39, 0.29) is 5.95 Å². The number of anilines is 2. The Hall–Kier alpha value is -1.31. The summed E-state index contributed by atoms with van der Waals surface area (Å²) in [5.74, 6) is 1.51. The quantitative estimate of drug-likeness (QED) is 0.627. The number of nitrogens with zero attached hydrogens (tertiary/aromatic N) is 2. The van der Waals surface area contributed by atoms with Gasteiger partial charge in [0.15, 0.2) is 0 Å². The Balaban J connectivity index is 2.16. The zero-order valence-corrected chi connectivity index (χ0v) is 12.3. The van der Waals surface area contributed by atoms with Crippen LogP contribution in [0.5, 0.6) is 0 Å². The SMILES string of the molecule is COCCc1c(N)nc(N)nc1SCc1cccs1. The second-order valence-corrected chi connectivity index (χ2v) is 5.86. The summed E-state index contributed by atoms with van der Waals surface area (Å²) in [5.41, 5.74) is 12.5. The lowest BCUT2D eigenvalue weighted by molar-refractivity contribution is 0.201. The zero-order valence-electron chi connectivity index (χ0n) is 10.6. The third kappa shape index (κ3) is 3.82. The van der Waals surface area contributed by atoms with E-state index in [0.717, 1.165) is 16.3 Å². The maximum Gasteiger partial charge on any atom is 0.223 e. The van der Waals surface area contributed by atoms with E-state index in [4.69, 9.17) is 16.2 Å². The summed E-state index contributed by atoms with van der Waals surface area (Å²) < 4.78 is 5.09. The van der Waals surface area contributed by atoms with Crippen molar-refractivity contribution in [1.82, 2.24) is 9.97 Å². The highest BCUT2D eigenvalue weighted by atomic mass is 32.2. The minimum atomic E-state index is 0.215. The molecule has 0 amide bonds. The molecule has 102 valence electrons. The van der Waals surface area contributed by atoms with E-state index in [0.29, 0.717) is 18.8 Å². The lowest BCUT2D eigenvalue weighted by Gasteiger charge is -2.10. The number of nitrogen functional groups attached to an aromatic ring is 2. The van der Waals surface area contributed by atoms with Gasteiger partial charge in [-0.25, -0.2) is 4.98 Å². The van der Waals surface area contributed by atoms with Crippen LogP contribution in [0.3, 0.4) is 0 Å².